The molecule has 1 aliphatic carbocycles. The number of ketones is 1. The fourth-order valence-corrected chi connectivity index (χ4v) is 2.43. The monoisotopic (exact) mass is 253 g/mol. The number of carboxylic acid groups (broad SMARTS) is 1. The third kappa shape index (κ3) is 4.26. The van der Waals surface area contributed by atoms with Crippen LogP contribution in [-0.4, -0.2) is 22.9 Å². The molecule has 1 rings (SSSR count). The van der Waals surface area contributed by atoms with E-state index < -0.39 is 12.0 Å². The Morgan fingerprint density at radius 1 is 1.33 bits per heavy atom. The van der Waals surface area contributed by atoms with Gasteiger partial charge in [-0.3, -0.25) is 9.59 Å². The first kappa shape index (κ1) is 14.9. The lowest BCUT2D eigenvalue weighted by Crippen LogP contribution is -2.39. The van der Waals surface area contributed by atoms with E-state index in [0.29, 0.717) is 12.8 Å². The summed E-state index contributed by atoms with van der Waals surface area (Å²) in [7, 11) is 0. The van der Waals surface area contributed by atoms with Crippen molar-refractivity contribution in [1.82, 2.24) is 0 Å². The molecule has 0 amide bonds. The molecule has 0 aromatic carbocycles. The zero-order valence-electron chi connectivity index (χ0n) is 11.0. The van der Waals surface area contributed by atoms with Gasteiger partial charge in [-0.05, 0) is 44.1 Å². The molecule has 1 atom stereocenters. The van der Waals surface area contributed by atoms with E-state index in [0.717, 1.165) is 25.7 Å². The van der Waals surface area contributed by atoms with E-state index in [4.69, 9.17) is 10.8 Å². The predicted molar refractivity (Wildman–Crippen MR) is 70.1 cm³/mol. The van der Waals surface area contributed by atoms with Crippen LogP contribution in [0, 0.1) is 11.8 Å². The van der Waals surface area contributed by atoms with Crippen LogP contribution < -0.4 is 5.73 Å². The zero-order chi connectivity index (χ0) is 13.5. The van der Waals surface area contributed by atoms with Crippen LogP contribution in [0.15, 0.2) is 12.2 Å². The third-order valence-electron chi connectivity index (χ3n) is 3.69. The van der Waals surface area contributed by atoms with Crippen LogP contribution in [0.4, 0.5) is 0 Å². The Hall–Kier alpha value is -1.16. The molecule has 0 aliphatic heterocycles. The number of carbonyl (C=O) groups is 2. The van der Waals surface area contributed by atoms with Gasteiger partial charge in [-0.1, -0.05) is 19.4 Å². The highest BCUT2D eigenvalue weighted by molar-refractivity contribution is 5.94. The SMILES string of the molecule is CCC/C=C/C(=O)C(N)C1CCC(C(=O)O)CC1. The molecule has 1 saturated carbocycles. The molecule has 18 heavy (non-hydrogen) atoms. The summed E-state index contributed by atoms with van der Waals surface area (Å²) in [5.41, 5.74) is 5.95. The number of carboxylic acids is 1. The van der Waals surface area contributed by atoms with Gasteiger partial charge in [0.05, 0.1) is 12.0 Å². The maximum atomic E-state index is 11.8. The highest BCUT2D eigenvalue weighted by Crippen LogP contribution is 2.30. The second-order valence-corrected chi connectivity index (χ2v) is 5.07. The first-order valence-corrected chi connectivity index (χ1v) is 6.75. The minimum atomic E-state index is -0.726. The molecule has 0 aromatic heterocycles. The molecule has 0 aromatic rings. The van der Waals surface area contributed by atoms with Crippen molar-refractivity contribution < 1.29 is 14.7 Å². The average Bonchev–Trinajstić information content (AvgIpc) is 2.38. The fourth-order valence-electron chi connectivity index (χ4n) is 2.43. The van der Waals surface area contributed by atoms with Crippen LogP contribution >= 0.6 is 0 Å². The molecule has 0 spiro atoms. The Balaban J connectivity index is 2.42. The topological polar surface area (TPSA) is 80.4 Å². The van der Waals surface area contributed by atoms with E-state index in [-0.39, 0.29) is 17.6 Å². The van der Waals surface area contributed by atoms with E-state index in [1.54, 1.807) is 6.08 Å². The number of aliphatic carboxylic acids is 1. The van der Waals surface area contributed by atoms with Crippen LogP contribution in [0.3, 0.4) is 0 Å². The number of nitrogens with two attached hydrogens (primary N) is 1. The molecule has 4 nitrogen and oxygen atoms in total. The van der Waals surface area contributed by atoms with Gasteiger partial charge < -0.3 is 10.8 Å². The van der Waals surface area contributed by atoms with Gasteiger partial charge in [0.2, 0.25) is 0 Å². The van der Waals surface area contributed by atoms with Crippen LogP contribution in [0.5, 0.6) is 0 Å². The quantitative estimate of drug-likeness (QED) is 0.711. The Kier molecular flexibility index (Phi) is 6.05. The molecular formula is C14H23NO3. The number of allylic oxidation sites excluding steroid dienone is 1. The van der Waals surface area contributed by atoms with Crippen LogP contribution in [0.1, 0.15) is 45.4 Å². The minimum absolute atomic E-state index is 0.0257. The summed E-state index contributed by atoms with van der Waals surface area (Å²) in [5, 5.41) is 8.91. The number of hydrogen-bond acceptors (Lipinski definition) is 3. The highest BCUT2D eigenvalue weighted by atomic mass is 16.4. The normalized spacial score (nSPS) is 26.1. The molecule has 0 radical (unpaired) electrons. The van der Waals surface area contributed by atoms with Gasteiger partial charge in [0.15, 0.2) is 5.78 Å². The van der Waals surface area contributed by atoms with E-state index in [1.165, 1.54) is 0 Å². The highest BCUT2D eigenvalue weighted by Gasteiger charge is 2.31. The fraction of sp³-hybridized carbons (Fsp3) is 0.714. The lowest BCUT2D eigenvalue weighted by Gasteiger charge is -2.29. The van der Waals surface area contributed by atoms with E-state index in [1.807, 2.05) is 6.08 Å². The van der Waals surface area contributed by atoms with Crippen molar-refractivity contribution in [3.8, 4) is 0 Å². The van der Waals surface area contributed by atoms with Gasteiger partial charge in [-0.15, -0.1) is 0 Å². The molecule has 1 fully saturated rings. The standard InChI is InChI=1S/C14H23NO3/c1-2-3-4-5-12(16)13(15)10-6-8-11(9-7-10)14(17)18/h4-5,10-11,13H,2-3,6-9,15H2,1H3,(H,17,18)/b5-4+. The van der Waals surface area contributed by atoms with E-state index in [9.17, 15) is 9.59 Å². The van der Waals surface area contributed by atoms with Gasteiger partial charge in [-0.25, -0.2) is 0 Å². The van der Waals surface area contributed by atoms with Gasteiger partial charge in [0.1, 0.15) is 0 Å². The molecule has 3 N–H and O–H groups in total. The van der Waals surface area contributed by atoms with Crippen molar-refractivity contribution in [1.29, 1.82) is 0 Å². The maximum Gasteiger partial charge on any atom is 0.306 e. The number of rotatable bonds is 6. The van der Waals surface area contributed by atoms with Crippen molar-refractivity contribution in [2.24, 2.45) is 17.6 Å². The van der Waals surface area contributed by atoms with Crippen molar-refractivity contribution in [2.45, 2.75) is 51.5 Å². The van der Waals surface area contributed by atoms with Crippen molar-refractivity contribution in [2.75, 3.05) is 0 Å². The summed E-state index contributed by atoms with van der Waals surface area (Å²) in [6, 6.07) is -0.465. The number of hydrogen-bond donors (Lipinski definition) is 2. The van der Waals surface area contributed by atoms with Crippen molar-refractivity contribution in [3.63, 3.8) is 0 Å². The minimum Gasteiger partial charge on any atom is -0.481 e. The van der Waals surface area contributed by atoms with Gasteiger partial charge in [0.25, 0.3) is 0 Å². The summed E-state index contributed by atoms with van der Waals surface area (Å²) < 4.78 is 0. The molecule has 0 heterocycles. The largest absolute Gasteiger partial charge is 0.481 e. The lowest BCUT2D eigenvalue weighted by molar-refractivity contribution is -0.143. The summed E-state index contributed by atoms with van der Waals surface area (Å²) in [6.45, 7) is 2.06. The Morgan fingerprint density at radius 2 is 1.94 bits per heavy atom. The Labute approximate surface area is 108 Å². The van der Waals surface area contributed by atoms with E-state index >= 15 is 0 Å². The summed E-state index contributed by atoms with van der Waals surface area (Å²) in [6.07, 6.45) is 8.12. The summed E-state index contributed by atoms with van der Waals surface area (Å²) in [5.74, 6) is -0.864. The smallest absolute Gasteiger partial charge is 0.306 e. The summed E-state index contributed by atoms with van der Waals surface area (Å²) >= 11 is 0. The number of unbranched alkanes of at least 4 members (excludes halogenated alkanes) is 1. The lowest BCUT2D eigenvalue weighted by atomic mass is 9.77. The zero-order valence-corrected chi connectivity index (χ0v) is 11.0. The van der Waals surface area contributed by atoms with Crippen LogP contribution in [-0.2, 0) is 9.59 Å². The van der Waals surface area contributed by atoms with Gasteiger partial charge in [0, 0.05) is 0 Å². The average molecular weight is 253 g/mol. The van der Waals surface area contributed by atoms with Crippen molar-refractivity contribution >= 4 is 11.8 Å². The molecule has 4 heteroatoms. The summed E-state index contributed by atoms with van der Waals surface area (Å²) in [4.78, 5) is 22.6. The van der Waals surface area contributed by atoms with Crippen molar-refractivity contribution in [3.05, 3.63) is 12.2 Å². The van der Waals surface area contributed by atoms with Crippen LogP contribution in [0.25, 0.3) is 0 Å². The third-order valence-corrected chi connectivity index (χ3v) is 3.69. The molecule has 0 saturated heterocycles. The second-order valence-electron chi connectivity index (χ2n) is 5.07. The van der Waals surface area contributed by atoms with Gasteiger partial charge in [-0.2, -0.15) is 0 Å². The molecule has 1 unspecified atom stereocenters. The predicted octanol–water partition coefficient (Wildman–Crippen LogP) is 2.13. The second kappa shape index (κ2) is 7.31. The number of carbonyl (C=O) groups excluding carboxylic acids is 1. The Bertz CT molecular complexity index is 317. The molecule has 102 valence electrons. The first-order valence-electron chi connectivity index (χ1n) is 6.75. The maximum absolute atomic E-state index is 11.8. The van der Waals surface area contributed by atoms with Crippen LogP contribution in [0.2, 0.25) is 0 Å². The van der Waals surface area contributed by atoms with Gasteiger partial charge >= 0.3 is 5.97 Å². The van der Waals surface area contributed by atoms with E-state index in [2.05, 4.69) is 6.92 Å². The first-order chi connectivity index (χ1) is 8.56. The molecule has 0 bridgehead atoms. The molecule has 1 aliphatic rings. The molecular weight excluding hydrogens is 230 g/mol. The Morgan fingerprint density at radius 3 is 2.44 bits per heavy atom.